The summed E-state index contributed by atoms with van der Waals surface area (Å²) in [6, 6.07) is 0. The van der Waals surface area contributed by atoms with E-state index in [9.17, 15) is 0 Å². The summed E-state index contributed by atoms with van der Waals surface area (Å²) < 4.78 is 0. The molecule has 4 heteroatoms. The van der Waals surface area contributed by atoms with E-state index in [-0.39, 0.29) is 0 Å². The van der Waals surface area contributed by atoms with E-state index in [1.807, 2.05) is 6.92 Å². The molecule has 3 nitrogen and oxygen atoms in total. The Morgan fingerprint density at radius 3 is 2.64 bits per heavy atom. The predicted molar refractivity (Wildman–Crippen MR) is 52.8 cm³/mol. The summed E-state index contributed by atoms with van der Waals surface area (Å²) in [5.41, 5.74) is 3.80. The Labute approximate surface area is 73.3 Å². The Kier molecular flexibility index (Phi) is 5.74. The minimum Gasteiger partial charge on any atom is -0.364 e. The van der Waals surface area contributed by atoms with Crippen molar-refractivity contribution in [3.8, 4) is 0 Å². The number of thiocarbonyl (C=S) groups is 1. The second-order valence-corrected chi connectivity index (χ2v) is 2.70. The summed E-state index contributed by atoms with van der Waals surface area (Å²) in [6.07, 6.45) is 2.13. The van der Waals surface area contributed by atoms with Crippen molar-refractivity contribution >= 4 is 23.0 Å². The first-order valence-electron chi connectivity index (χ1n) is 3.71. The quantitative estimate of drug-likeness (QED) is 0.383. The minimum atomic E-state index is 0.556. The fourth-order valence-electron chi connectivity index (χ4n) is 0.620. The Bertz CT molecular complexity index is 154. The second-order valence-electron chi connectivity index (χ2n) is 2.29. The van der Waals surface area contributed by atoms with Crippen LogP contribution in [-0.4, -0.2) is 17.9 Å². The molecule has 0 aliphatic carbocycles. The van der Waals surface area contributed by atoms with Gasteiger partial charge in [0.2, 0.25) is 0 Å². The van der Waals surface area contributed by atoms with Gasteiger partial charge in [0.15, 0.2) is 5.11 Å². The van der Waals surface area contributed by atoms with E-state index in [2.05, 4.69) is 22.8 Å². The molecule has 0 fully saturated rings. The van der Waals surface area contributed by atoms with Crippen LogP contribution in [0.15, 0.2) is 5.10 Å². The molecule has 0 saturated carbocycles. The normalized spacial score (nSPS) is 11.0. The summed E-state index contributed by atoms with van der Waals surface area (Å²) in [5.74, 6) is 0. The first-order chi connectivity index (χ1) is 5.20. The monoisotopic (exact) mass is 173 g/mol. The lowest BCUT2D eigenvalue weighted by Crippen LogP contribution is -2.29. The highest BCUT2D eigenvalue weighted by molar-refractivity contribution is 7.80. The Balaban J connectivity index is 3.63. The van der Waals surface area contributed by atoms with Gasteiger partial charge in [-0.2, -0.15) is 5.10 Å². The van der Waals surface area contributed by atoms with Gasteiger partial charge in [-0.05, 0) is 25.6 Å². The number of hydrogen-bond donors (Lipinski definition) is 2. The van der Waals surface area contributed by atoms with Crippen LogP contribution < -0.4 is 10.7 Å². The Hall–Kier alpha value is -0.640. The van der Waals surface area contributed by atoms with Crippen molar-refractivity contribution in [2.75, 3.05) is 7.05 Å². The van der Waals surface area contributed by atoms with Gasteiger partial charge in [-0.3, -0.25) is 5.43 Å². The number of hydrogen-bond acceptors (Lipinski definition) is 2. The molecule has 0 atom stereocenters. The van der Waals surface area contributed by atoms with Crippen LogP contribution in [0.5, 0.6) is 0 Å². The van der Waals surface area contributed by atoms with Gasteiger partial charge in [-0.1, -0.05) is 13.3 Å². The topological polar surface area (TPSA) is 36.4 Å². The SMILES string of the molecule is CCC/C(C)=N/NC(=S)NC. The molecule has 2 N–H and O–H groups in total. The molecule has 64 valence electrons. The molecule has 0 amide bonds. The average Bonchev–Trinajstić information content (AvgIpc) is 2.01. The lowest BCUT2D eigenvalue weighted by atomic mass is 10.2. The molecule has 0 aromatic heterocycles. The first-order valence-corrected chi connectivity index (χ1v) is 4.12. The van der Waals surface area contributed by atoms with Crippen molar-refractivity contribution in [3.63, 3.8) is 0 Å². The predicted octanol–water partition coefficient (Wildman–Crippen LogP) is 1.26. The molecule has 0 aromatic rings. The van der Waals surface area contributed by atoms with Crippen LogP contribution in [0.2, 0.25) is 0 Å². The number of rotatable bonds is 3. The molecular formula is C7H15N3S. The average molecular weight is 173 g/mol. The molecule has 0 rings (SSSR count). The van der Waals surface area contributed by atoms with E-state index in [0.29, 0.717) is 5.11 Å². The van der Waals surface area contributed by atoms with Gasteiger partial charge in [0.1, 0.15) is 0 Å². The van der Waals surface area contributed by atoms with E-state index in [4.69, 9.17) is 12.2 Å². The van der Waals surface area contributed by atoms with Crippen LogP contribution in [0.4, 0.5) is 0 Å². The van der Waals surface area contributed by atoms with Crippen molar-refractivity contribution < 1.29 is 0 Å². The molecule has 0 unspecified atom stereocenters. The first kappa shape index (κ1) is 10.4. The summed E-state index contributed by atoms with van der Waals surface area (Å²) >= 11 is 4.83. The van der Waals surface area contributed by atoms with E-state index >= 15 is 0 Å². The standard InChI is InChI=1S/C7H15N3S/c1-4-5-6(2)9-10-7(11)8-3/h4-5H2,1-3H3,(H2,8,10,11)/b9-6+. The summed E-state index contributed by atoms with van der Waals surface area (Å²) in [6.45, 7) is 4.10. The zero-order valence-electron chi connectivity index (χ0n) is 7.27. The second kappa shape index (κ2) is 6.09. The molecule has 0 saturated heterocycles. The summed E-state index contributed by atoms with van der Waals surface area (Å²) in [7, 11) is 1.76. The molecule has 0 aromatic carbocycles. The molecule has 11 heavy (non-hydrogen) atoms. The van der Waals surface area contributed by atoms with Gasteiger partial charge in [0, 0.05) is 12.8 Å². The number of nitrogens with zero attached hydrogens (tertiary/aromatic N) is 1. The maximum Gasteiger partial charge on any atom is 0.186 e. The van der Waals surface area contributed by atoms with Gasteiger partial charge < -0.3 is 5.32 Å². The smallest absolute Gasteiger partial charge is 0.186 e. The van der Waals surface area contributed by atoms with Gasteiger partial charge in [0.05, 0.1) is 0 Å². The van der Waals surface area contributed by atoms with Crippen molar-refractivity contribution in [3.05, 3.63) is 0 Å². The minimum absolute atomic E-state index is 0.556. The third-order valence-electron chi connectivity index (χ3n) is 1.19. The van der Waals surface area contributed by atoms with E-state index in [1.54, 1.807) is 7.05 Å². The van der Waals surface area contributed by atoms with Crippen molar-refractivity contribution in [2.24, 2.45) is 5.10 Å². The van der Waals surface area contributed by atoms with E-state index in [1.165, 1.54) is 0 Å². The van der Waals surface area contributed by atoms with Crippen molar-refractivity contribution in [1.82, 2.24) is 10.7 Å². The van der Waals surface area contributed by atoms with Crippen molar-refractivity contribution in [2.45, 2.75) is 26.7 Å². The number of hydrazone groups is 1. The maximum absolute atomic E-state index is 4.83. The van der Waals surface area contributed by atoms with Crippen LogP contribution in [0.1, 0.15) is 26.7 Å². The molecule has 0 radical (unpaired) electrons. The van der Waals surface area contributed by atoms with Crippen LogP contribution in [0.3, 0.4) is 0 Å². The van der Waals surface area contributed by atoms with Crippen LogP contribution in [0.25, 0.3) is 0 Å². The Morgan fingerprint density at radius 2 is 2.18 bits per heavy atom. The van der Waals surface area contributed by atoms with Gasteiger partial charge in [0.25, 0.3) is 0 Å². The lowest BCUT2D eigenvalue weighted by molar-refractivity contribution is 0.928. The lowest BCUT2D eigenvalue weighted by Gasteiger charge is -2.01. The van der Waals surface area contributed by atoms with Gasteiger partial charge in [-0.15, -0.1) is 0 Å². The van der Waals surface area contributed by atoms with E-state index in [0.717, 1.165) is 18.6 Å². The van der Waals surface area contributed by atoms with E-state index < -0.39 is 0 Å². The zero-order chi connectivity index (χ0) is 8.69. The fraction of sp³-hybridized carbons (Fsp3) is 0.714. The van der Waals surface area contributed by atoms with Crippen LogP contribution in [0, 0.1) is 0 Å². The van der Waals surface area contributed by atoms with Crippen LogP contribution >= 0.6 is 12.2 Å². The number of nitrogens with one attached hydrogen (secondary N) is 2. The molecule has 0 aliphatic rings. The third-order valence-corrected chi connectivity index (χ3v) is 1.48. The van der Waals surface area contributed by atoms with Crippen LogP contribution in [-0.2, 0) is 0 Å². The maximum atomic E-state index is 4.83. The molecule has 0 heterocycles. The molecular weight excluding hydrogens is 158 g/mol. The third kappa shape index (κ3) is 5.79. The highest BCUT2D eigenvalue weighted by Gasteiger charge is 1.89. The molecule has 0 bridgehead atoms. The molecule has 0 spiro atoms. The van der Waals surface area contributed by atoms with Gasteiger partial charge >= 0.3 is 0 Å². The fourth-order valence-corrected chi connectivity index (χ4v) is 0.665. The summed E-state index contributed by atoms with van der Waals surface area (Å²) in [5, 5.41) is 7.38. The zero-order valence-corrected chi connectivity index (χ0v) is 8.09. The summed E-state index contributed by atoms with van der Waals surface area (Å²) in [4.78, 5) is 0. The highest BCUT2D eigenvalue weighted by Crippen LogP contribution is 1.88. The molecule has 0 aliphatic heterocycles. The van der Waals surface area contributed by atoms with Gasteiger partial charge in [-0.25, -0.2) is 0 Å². The largest absolute Gasteiger partial charge is 0.364 e. The Morgan fingerprint density at radius 1 is 1.55 bits per heavy atom. The highest BCUT2D eigenvalue weighted by atomic mass is 32.1. The van der Waals surface area contributed by atoms with Crippen molar-refractivity contribution in [1.29, 1.82) is 0 Å².